The van der Waals surface area contributed by atoms with Crippen LogP contribution in [0.25, 0.3) is 0 Å². The molecule has 3 rings (SSSR count). The lowest BCUT2D eigenvalue weighted by atomic mass is 10.3. The molecule has 2 saturated carbocycles. The Bertz CT molecular complexity index is 436. The third-order valence-corrected chi connectivity index (χ3v) is 5.36. The van der Waals surface area contributed by atoms with E-state index in [1.54, 1.807) is 0 Å². The van der Waals surface area contributed by atoms with Crippen LogP contribution in [0.5, 0.6) is 0 Å². The summed E-state index contributed by atoms with van der Waals surface area (Å²) >= 11 is 0. The van der Waals surface area contributed by atoms with Crippen LogP contribution in [0.15, 0.2) is 0 Å². The van der Waals surface area contributed by atoms with E-state index < -0.39 is 6.10 Å². The molecule has 3 aliphatic rings. The highest BCUT2D eigenvalue weighted by atomic mass is 16.3. The first-order chi connectivity index (χ1) is 11.4. The fourth-order valence-electron chi connectivity index (χ4n) is 3.34. The molecule has 1 N–H and O–H groups in total. The van der Waals surface area contributed by atoms with Gasteiger partial charge < -0.3 is 14.9 Å². The summed E-state index contributed by atoms with van der Waals surface area (Å²) in [6.45, 7) is 3.12. The Kier molecular flexibility index (Phi) is 5.42. The molecule has 0 radical (unpaired) electrons. The van der Waals surface area contributed by atoms with Crippen LogP contribution in [0.4, 0.5) is 0 Å². The highest BCUT2D eigenvalue weighted by molar-refractivity contribution is 5.79. The molecule has 3 fully saturated rings. The fourth-order valence-corrected chi connectivity index (χ4v) is 3.34. The Hall–Kier alpha value is -1.18. The number of aliphatic hydroxyl groups is 1. The van der Waals surface area contributed by atoms with E-state index in [4.69, 9.17) is 0 Å². The van der Waals surface area contributed by atoms with Crippen LogP contribution < -0.4 is 0 Å². The number of hydrogen-bond donors (Lipinski definition) is 1. The number of aliphatic hydroxyl groups excluding tert-OH is 1. The lowest BCUT2D eigenvalue weighted by Gasteiger charge is -2.25. The van der Waals surface area contributed by atoms with E-state index in [9.17, 15) is 14.7 Å². The average molecular weight is 338 g/mol. The smallest absolute Gasteiger partial charge is 0.236 e. The Morgan fingerprint density at radius 2 is 1.25 bits per heavy atom. The van der Waals surface area contributed by atoms with Crippen LogP contribution in [-0.2, 0) is 9.59 Å². The maximum atomic E-state index is 12.3. The molecule has 0 atom stereocenters. The second-order valence-electron chi connectivity index (χ2n) is 7.60. The molecule has 7 heteroatoms. The van der Waals surface area contributed by atoms with Crippen molar-refractivity contribution in [2.75, 3.05) is 53.4 Å². The molecule has 2 amide bonds. The van der Waals surface area contributed by atoms with E-state index in [1.807, 2.05) is 33.7 Å². The molecular formula is C17H30N4O3. The third kappa shape index (κ3) is 4.68. The van der Waals surface area contributed by atoms with Crippen molar-refractivity contribution in [2.45, 2.75) is 43.9 Å². The zero-order chi connectivity index (χ0) is 17.3. The zero-order valence-corrected chi connectivity index (χ0v) is 14.9. The van der Waals surface area contributed by atoms with Crippen molar-refractivity contribution in [1.82, 2.24) is 19.6 Å². The first kappa shape index (κ1) is 17.6. The van der Waals surface area contributed by atoms with Gasteiger partial charge in [0, 0.05) is 52.4 Å². The van der Waals surface area contributed by atoms with Crippen LogP contribution in [0.3, 0.4) is 0 Å². The number of likely N-dealkylation sites (N-methyl/N-ethyl adjacent to an activating group) is 2. The number of β-amino-alcohol motifs (C(OH)–C–C–N with tert-alkyl or cyclic N) is 1. The molecule has 0 aromatic carbocycles. The normalized spacial score (nSPS) is 23.8. The van der Waals surface area contributed by atoms with Crippen molar-refractivity contribution in [3.63, 3.8) is 0 Å². The summed E-state index contributed by atoms with van der Waals surface area (Å²) in [5.74, 6) is 0.255. The van der Waals surface area contributed by atoms with Crippen molar-refractivity contribution in [1.29, 1.82) is 0 Å². The van der Waals surface area contributed by atoms with Crippen molar-refractivity contribution >= 4 is 11.8 Å². The predicted molar refractivity (Wildman–Crippen MR) is 90.5 cm³/mol. The average Bonchev–Trinajstić information content (AvgIpc) is 3.40. The number of rotatable bonds is 6. The maximum Gasteiger partial charge on any atom is 0.236 e. The van der Waals surface area contributed by atoms with Crippen molar-refractivity contribution in [3.8, 4) is 0 Å². The van der Waals surface area contributed by atoms with Gasteiger partial charge in [0.05, 0.1) is 19.2 Å². The molecule has 0 unspecified atom stereocenters. The minimum atomic E-state index is -0.523. The molecule has 1 heterocycles. The summed E-state index contributed by atoms with van der Waals surface area (Å²) in [7, 11) is 3.74. The molecule has 1 aliphatic heterocycles. The monoisotopic (exact) mass is 338 g/mol. The minimum absolute atomic E-state index is 0.127. The Morgan fingerprint density at radius 1 is 0.875 bits per heavy atom. The van der Waals surface area contributed by atoms with Gasteiger partial charge in [-0.2, -0.15) is 0 Å². The van der Waals surface area contributed by atoms with Gasteiger partial charge in [-0.15, -0.1) is 0 Å². The SMILES string of the molecule is CN(C(=O)CN1CCN(CC(=O)N(C)C2CC2)CC(O)C1)C1CC1. The van der Waals surface area contributed by atoms with E-state index in [1.165, 1.54) is 0 Å². The van der Waals surface area contributed by atoms with Gasteiger partial charge in [0.2, 0.25) is 11.8 Å². The van der Waals surface area contributed by atoms with Crippen LogP contribution in [0.1, 0.15) is 25.7 Å². The second-order valence-corrected chi connectivity index (χ2v) is 7.60. The predicted octanol–water partition coefficient (Wildman–Crippen LogP) is -0.793. The number of nitrogens with zero attached hydrogens (tertiary/aromatic N) is 4. The molecule has 7 nitrogen and oxygen atoms in total. The molecule has 1 saturated heterocycles. The van der Waals surface area contributed by atoms with Gasteiger partial charge in [0.15, 0.2) is 0 Å². The Morgan fingerprint density at radius 3 is 1.58 bits per heavy atom. The maximum absolute atomic E-state index is 12.3. The lowest BCUT2D eigenvalue weighted by molar-refractivity contribution is -0.132. The Labute approximate surface area is 144 Å². The van der Waals surface area contributed by atoms with Gasteiger partial charge in [0.1, 0.15) is 0 Å². The summed E-state index contributed by atoms with van der Waals surface area (Å²) in [4.78, 5) is 32.2. The molecule has 0 bridgehead atoms. The molecule has 0 spiro atoms. The minimum Gasteiger partial charge on any atom is -0.390 e. The van der Waals surface area contributed by atoms with Crippen molar-refractivity contribution in [2.24, 2.45) is 0 Å². The molecule has 0 aromatic heterocycles. The van der Waals surface area contributed by atoms with Crippen LogP contribution >= 0.6 is 0 Å². The van der Waals surface area contributed by atoms with E-state index in [0.29, 0.717) is 51.4 Å². The fraction of sp³-hybridized carbons (Fsp3) is 0.882. The summed E-state index contributed by atoms with van der Waals surface area (Å²) in [5, 5.41) is 10.2. The summed E-state index contributed by atoms with van der Waals surface area (Å²) in [6.07, 6.45) is 3.90. The molecule has 24 heavy (non-hydrogen) atoms. The number of hydrogen-bond acceptors (Lipinski definition) is 5. The number of carbonyl (C=O) groups excluding carboxylic acids is 2. The third-order valence-electron chi connectivity index (χ3n) is 5.36. The Balaban J connectivity index is 1.47. The first-order valence-corrected chi connectivity index (χ1v) is 9.08. The molecule has 0 aromatic rings. The second kappa shape index (κ2) is 7.37. The number of amides is 2. The van der Waals surface area contributed by atoms with Crippen LogP contribution in [-0.4, -0.2) is 108 Å². The van der Waals surface area contributed by atoms with Gasteiger partial charge in [-0.05, 0) is 25.7 Å². The standard InChI is InChI=1S/C17H30N4O3/c1-18(13-3-4-13)16(23)11-20-7-8-21(10-15(22)9-20)12-17(24)19(2)14-5-6-14/h13-15,22H,3-12H2,1-2H3. The van der Waals surface area contributed by atoms with Crippen molar-refractivity contribution < 1.29 is 14.7 Å². The highest BCUT2D eigenvalue weighted by Gasteiger charge is 2.33. The molecule has 136 valence electrons. The lowest BCUT2D eigenvalue weighted by Crippen LogP contribution is -2.42. The summed E-state index contributed by atoms with van der Waals surface area (Å²) in [5.41, 5.74) is 0. The van der Waals surface area contributed by atoms with Crippen LogP contribution in [0, 0.1) is 0 Å². The van der Waals surface area contributed by atoms with E-state index >= 15 is 0 Å². The highest BCUT2D eigenvalue weighted by Crippen LogP contribution is 2.26. The summed E-state index contributed by atoms with van der Waals surface area (Å²) in [6, 6.07) is 0.836. The van der Waals surface area contributed by atoms with Crippen LogP contribution in [0.2, 0.25) is 0 Å². The van der Waals surface area contributed by atoms with Gasteiger partial charge in [-0.3, -0.25) is 19.4 Å². The van der Waals surface area contributed by atoms with Gasteiger partial charge >= 0.3 is 0 Å². The molecule has 2 aliphatic carbocycles. The topological polar surface area (TPSA) is 67.3 Å². The van der Waals surface area contributed by atoms with Gasteiger partial charge in [0.25, 0.3) is 0 Å². The first-order valence-electron chi connectivity index (χ1n) is 9.08. The van der Waals surface area contributed by atoms with Gasteiger partial charge in [-0.1, -0.05) is 0 Å². The molecular weight excluding hydrogens is 308 g/mol. The summed E-state index contributed by atoms with van der Waals surface area (Å²) < 4.78 is 0. The quantitative estimate of drug-likeness (QED) is 0.687. The number of carbonyl (C=O) groups is 2. The largest absolute Gasteiger partial charge is 0.390 e. The van der Waals surface area contributed by atoms with Gasteiger partial charge in [-0.25, -0.2) is 0 Å². The zero-order valence-electron chi connectivity index (χ0n) is 14.9. The van der Waals surface area contributed by atoms with E-state index in [2.05, 4.69) is 0 Å². The van der Waals surface area contributed by atoms with E-state index in [0.717, 1.165) is 25.7 Å². The van der Waals surface area contributed by atoms with E-state index in [-0.39, 0.29) is 11.8 Å². The van der Waals surface area contributed by atoms with Crippen molar-refractivity contribution in [3.05, 3.63) is 0 Å².